The number of ether oxygens (including phenoxy) is 21. The van der Waals surface area contributed by atoms with Crippen molar-refractivity contribution in [3.05, 3.63) is 24.0 Å². The molecule has 0 saturated carbocycles. The molecule has 50 atom stereocenters. The van der Waals surface area contributed by atoms with Gasteiger partial charge in [-0.05, 0) is 6.42 Å². The lowest BCUT2D eigenvalue weighted by molar-refractivity contribution is -0.383. The average molecular weight is 2230 g/mol. The number of sulfone groups is 2. The summed E-state index contributed by atoms with van der Waals surface area (Å²) in [6, 6.07) is -7.88. The number of aliphatic hydroxyl groups excluding tert-OH is 18. The molecular weight excluding hydrogens is 2080 g/mol. The Balaban J connectivity index is 0.000000657. The minimum absolute atomic E-state index is 0.295. The van der Waals surface area contributed by atoms with Gasteiger partial charge in [0.1, 0.15) is 184 Å². The fourth-order valence-corrected chi connectivity index (χ4v) is 19.3. The molecule has 65 heteroatoms. The number of methoxy groups -OCH3 is 2. The second-order valence-electron chi connectivity index (χ2n) is 36.9. The van der Waals surface area contributed by atoms with Crippen molar-refractivity contribution < 1.29 is 282 Å². The van der Waals surface area contributed by atoms with Crippen molar-refractivity contribution in [2.24, 2.45) is 23.7 Å². The quantitative estimate of drug-likeness (QED) is 0.0153. The fraction of sp³-hybridized carbons (Fsp3) is 0.859. The molecule has 0 aromatic carbocycles. The van der Waals surface area contributed by atoms with Gasteiger partial charge in [-0.25, -0.2) is 41.0 Å². The number of carboxylic acids is 3. The first kappa shape index (κ1) is 129. The third kappa shape index (κ3) is 32.6. The van der Waals surface area contributed by atoms with Crippen LogP contribution in [0.2, 0.25) is 0 Å². The molecule has 10 aliphatic rings. The molecule has 10 heterocycles. The Morgan fingerprint density at radius 3 is 0.853 bits per heavy atom. The molecule has 10 aliphatic heterocycles. The zero-order valence-corrected chi connectivity index (χ0v) is 84.4. The van der Waals surface area contributed by atoms with E-state index < -0.39 is 444 Å². The van der Waals surface area contributed by atoms with Crippen LogP contribution in [0.15, 0.2) is 24.0 Å². The highest BCUT2D eigenvalue weighted by atomic mass is 32.2. The van der Waals surface area contributed by atoms with Crippen LogP contribution in [0, 0.1) is 23.7 Å². The van der Waals surface area contributed by atoms with Crippen LogP contribution in [0.1, 0.15) is 68.7 Å². The molecule has 0 spiro atoms. The molecule has 0 aromatic rings. The van der Waals surface area contributed by atoms with Gasteiger partial charge in [-0.3, -0.25) is 34.5 Å². The van der Waals surface area contributed by atoms with Crippen LogP contribution in [-0.4, -0.2) is 550 Å². The molecule has 10 rings (SSSR count). The van der Waals surface area contributed by atoms with Gasteiger partial charge in [-0.15, -0.1) is 0 Å². The van der Waals surface area contributed by atoms with Crippen LogP contribution < -0.4 is 26.6 Å². The zero-order chi connectivity index (χ0) is 112. The number of aliphatic carboxylic acids is 3. The first-order valence-corrected chi connectivity index (χ1v) is 50.5. The molecule has 0 aliphatic carbocycles. The number of carbonyl (C=O) groups excluding carboxylic acids is 5. The van der Waals surface area contributed by atoms with E-state index in [0.717, 1.165) is 45.6 Å². The predicted octanol–water partition coefficient (Wildman–Crippen LogP) is -14.9. The molecule has 10 saturated heterocycles. The predicted molar refractivity (Wildman–Crippen MR) is 481 cm³/mol. The van der Waals surface area contributed by atoms with Gasteiger partial charge >= 0.3 is 17.9 Å². The van der Waals surface area contributed by atoms with Crippen molar-refractivity contribution in [1.82, 2.24) is 26.6 Å². The second-order valence-corrected chi connectivity index (χ2v) is 41.1. The Kier molecular flexibility index (Phi) is 49.8. The Labute approximate surface area is 856 Å². The summed E-state index contributed by atoms with van der Waals surface area (Å²) in [5.41, 5.74) is 0. The number of aliphatic hydroxyl groups is 18. The summed E-state index contributed by atoms with van der Waals surface area (Å²) in [7, 11) is -4.83. The number of rotatable bonds is 44. The van der Waals surface area contributed by atoms with Crippen molar-refractivity contribution in [3.8, 4) is 0 Å². The summed E-state index contributed by atoms with van der Waals surface area (Å²) in [6.07, 6.45) is -73.0. The van der Waals surface area contributed by atoms with Crippen molar-refractivity contribution in [2.75, 3.05) is 85.2 Å². The van der Waals surface area contributed by atoms with Gasteiger partial charge in [0.15, 0.2) is 101 Å². The number of hydrogen-bond donors (Lipinski definition) is 28. The number of hydrogen-bond acceptors (Lipinski definition) is 55. The van der Waals surface area contributed by atoms with Crippen LogP contribution in [0.5, 0.6) is 0 Å². The van der Waals surface area contributed by atoms with E-state index in [1.165, 1.54) is 41.7 Å². The lowest BCUT2D eigenvalue weighted by Gasteiger charge is -2.50. The van der Waals surface area contributed by atoms with E-state index in [9.17, 15) is 168 Å². The maximum Gasteiger partial charge on any atom is 0.333 e. The van der Waals surface area contributed by atoms with Crippen LogP contribution in [0.4, 0.5) is 0 Å². The van der Waals surface area contributed by atoms with Crippen molar-refractivity contribution in [1.29, 1.82) is 0 Å². The largest absolute Gasteiger partial charge is 0.479 e. The summed E-state index contributed by atoms with van der Waals surface area (Å²) in [5.74, 6) is -14.0. The smallest absolute Gasteiger partial charge is 0.333 e. The van der Waals surface area contributed by atoms with Crippen LogP contribution in [0.3, 0.4) is 0 Å². The third-order valence-corrected chi connectivity index (χ3v) is 28.9. The second kappa shape index (κ2) is 58.1. The molecule has 0 radical (unpaired) electrons. The maximum absolute atomic E-state index is 13.6. The molecule has 28 N–H and O–H groups in total. The standard InChI is InChI=1S/C65H108N4O45S.C16H27NO11.C4H6O2S/c1-20-29(18-99-92)103-62(45(84)37(20)76)111-53-34(67-24(5)73)59(101-27(14-70)40(53)79)109-51-32(19-100-93)106-63(48(87)44(51)83)110-52-33(66-23(4)72)58(96-8)104-30(42(52)81)17-98-11-13-115(94,95)12-9-10-97-16-31-43(82)55(113-65-47(86)39(78)22(3)50(108-65)57(90)91)36(69-26(7)75)61(105-31)114-60-35(68-25(6)74)54(41(80)28(15-71)102-60)112-64-46(85)38(77)21(2)49(107-64)56(88)89;1-5-9(20)11(22)16(27-12(5)14(23)24)28-13-8(17-6(2)19)15(25-3)26-7(4-18)10(13)21;1-3-7(5,6)4-2/h20-22,27-55,58-65,70-71,76-87,92-93H,9-19H2,1-8H3,(H,66,72)(H,67,73)(H,68,74)(H,69,75)(H,88,89)(H,90,91);5,7-13,15-16,18,20-22H,4H2,1-3H3,(H,17,19)(H,23,24);3-4H,1-2H2. The SMILES string of the molecule is C=CS(=O)(=O)C=C.COC1OC(CO)C(O)C(OC2OC(C(=O)O)C(C)C(O)C2O)C1NC(C)=O.COC1OC(COCCS(=O)(=O)CCCOCC2OC(OC3OC(CO)C(O)C(OC4OC(C(=O)O)C(C)C(O)C4O)C3NC(C)=O)C(NC(C)=O)C(OC3OC(C(=O)O)C(C)C(O)C3O)C2O)C(O)C(OC2OC(COO)C(OC3OC(CO)C(O)C(OC4OC(COO)C(C)C(O)C4O)C3NC(C)=O)C(O)C2O)C1NC(C)=O. The van der Waals surface area contributed by atoms with E-state index in [1.807, 2.05) is 0 Å². The van der Waals surface area contributed by atoms with Crippen LogP contribution >= 0.6 is 0 Å². The average Bonchev–Trinajstić information content (AvgIpc) is 0.769. The van der Waals surface area contributed by atoms with Gasteiger partial charge in [0.25, 0.3) is 0 Å². The first-order valence-electron chi connectivity index (χ1n) is 47.1. The van der Waals surface area contributed by atoms with Gasteiger partial charge in [0, 0.05) is 89.9 Å². The summed E-state index contributed by atoms with van der Waals surface area (Å²) in [6.45, 7) is 10.3. The summed E-state index contributed by atoms with van der Waals surface area (Å²) < 4.78 is 169. The highest BCUT2D eigenvalue weighted by molar-refractivity contribution is 7.97. The highest BCUT2D eigenvalue weighted by Crippen LogP contribution is 2.42. The maximum atomic E-state index is 13.6. The molecular formula is C85H141N5O58S2. The Bertz CT molecular complexity index is 4520. The van der Waals surface area contributed by atoms with E-state index in [0.29, 0.717) is 0 Å². The Hall–Kier alpha value is -6.58. The Morgan fingerprint density at radius 2 is 0.553 bits per heavy atom. The molecule has 10 fully saturated rings. The molecule has 150 heavy (non-hydrogen) atoms. The highest BCUT2D eigenvalue weighted by Gasteiger charge is 2.62. The molecule has 5 amide bonds. The zero-order valence-electron chi connectivity index (χ0n) is 82.8. The first-order chi connectivity index (χ1) is 70.5. The van der Waals surface area contributed by atoms with E-state index in [1.54, 1.807) is 0 Å². The van der Waals surface area contributed by atoms with Crippen LogP contribution in [-0.2, 0) is 167 Å². The minimum Gasteiger partial charge on any atom is -0.479 e. The Morgan fingerprint density at radius 1 is 0.300 bits per heavy atom. The molecule has 0 aromatic heterocycles. The summed E-state index contributed by atoms with van der Waals surface area (Å²) in [5, 5.41) is 260. The van der Waals surface area contributed by atoms with Gasteiger partial charge < -0.3 is 233 Å². The normalized spacial score (nSPS) is 42.4. The van der Waals surface area contributed by atoms with Crippen molar-refractivity contribution in [3.63, 3.8) is 0 Å². The van der Waals surface area contributed by atoms with E-state index >= 15 is 0 Å². The fourth-order valence-electron chi connectivity index (χ4n) is 18.0. The number of carbonyl (C=O) groups is 8. The van der Waals surface area contributed by atoms with E-state index in [2.05, 4.69) is 49.5 Å². The number of nitrogens with one attached hydrogen (secondary N) is 5. The lowest BCUT2D eigenvalue weighted by Crippen LogP contribution is -2.71. The third-order valence-electron chi connectivity index (χ3n) is 26.2. The topological polar surface area (TPSA) is 943 Å². The van der Waals surface area contributed by atoms with E-state index in [-0.39, 0.29) is 6.42 Å². The molecule has 866 valence electrons. The number of carboxylic acid groups (broad SMARTS) is 3. The van der Waals surface area contributed by atoms with Crippen molar-refractivity contribution >= 4 is 67.1 Å². The van der Waals surface area contributed by atoms with Gasteiger partial charge in [0.2, 0.25) is 29.5 Å². The number of amides is 5. The molecule has 0 bridgehead atoms. The summed E-state index contributed by atoms with van der Waals surface area (Å²) >= 11 is 0. The van der Waals surface area contributed by atoms with Gasteiger partial charge in [-0.1, -0.05) is 40.9 Å². The minimum atomic E-state index is -4.11. The van der Waals surface area contributed by atoms with Crippen molar-refractivity contribution in [2.45, 2.75) is 351 Å². The lowest BCUT2D eigenvalue weighted by atomic mass is 9.90. The monoisotopic (exact) mass is 2220 g/mol. The van der Waals surface area contributed by atoms with E-state index in [4.69, 9.17) is 105 Å². The van der Waals surface area contributed by atoms with Crippen LogP contribution in [0.25, 0.3) is 0 Å². The molecule has 63 nitrogen and oxygen atoms in total. The summed E-state index contributed by atoms with van der Waals surface area (Å²) in [4.78, 5) is 107. The van der Waals surface area contributed by atoms with Gasteiger partial charge in [-0.2, -0.15) is 0 Å². The van der Waals surface area contributed by atoms with Gasteiger partial charge in [0.05, 0.1) is 81.7 Å². The molecule has 50 unspecified atom stereocenters.